The van der Waals surface area contributed by atoms with Crippen LogP contribution in [-0.4, -0.2) is 13.2 Å². The smallest absolute Gasteiger partial charge is 0.161 e. The van der Waals surface area contributed by atoms with Crippen molar-refractivity contribution in [3.05, 3.63) is 23.8 Å². The summed E-state index contributed by atoms with van der Waals surface area (Å²) in [5.74, 6) is 2.30. The molecule has 0 spiro atoms. The van der Waals surface area contributed by atoms with E-state index >= 15 is 0 Å². The second-order valence-electron chi connectivity index (χ2n) is 4.75. The van der Waals surface area contributed by atoms with Crippen molar-refractivity contribution in [2.75, 3.05) is 7.11 Å². The van der Waals surface area contributed by atoms with Crippen LogP contribution in [0.2, 0.25) is 0 Å². The summed E-state index contributed by atoms with van der Waals surface area (Å²) in [7, 11) is 1.68. The first kappa shape index (κ1) is 12.9. The van der Waals surface area contributed by atoms with E-state index in [1.807, 2.05) is 19.9 Å². The molecule has 0 radical (unpaired) electrons. The van der Waals surface area contributed by atoms with E-state index in [-0.39, 0.29) is 6.10 Å². The Bertz CT molecular complexity index is 330. The Morgan fingerprint density at radius 1 is 1.06 bits per heavy atom. The van der Waals surface area contributed by atoms with Crippen molar-refractivity contribution in [3.63, 3.8) is 0 Å². The molecule has 0 N–H and O–H groups in total. The highest BCUT2D eigenvalue weighted by atomic mass is 16.5. The molecule has 1 aromatic rings. The molecule has 0 aliphatic heterocycles. The summed E-state index contributed by atoms with van der Waals surface area (Å²) in [4.78, 5) is 0. The number of hydrogen-bond donors (Lipinski definition) is 0. The van der Waals surface area contributed by atoms with E-state index in [0.717, 1.165) is 17.9 Å². The Morgan fingerprint density at radius 3 is 2.25 bits per heavy atom. The molecule has 0 saturated heterocycles. The maximum Gasteiger partial charge on any atom is 0.161 e. The summed E-state index contributed by atoms with van der Waals surface area (Å²) in [5, 5.41) is 0. The average Bonchev–Trinajstić information content (AvgIpc) is 2.18. The first-order valence-corrected chi connectivity index (χ1v) is 5.86. The zero-order chi connectivity index (χ0) is 12.1. The molecular formula is C14H22O2. The van der Waals surface area contributed by atoms with Crippen molar-refractivity contribution in [2.24, 2.45) is 5.92 Å². The number of rotatable bonds is 5. The van der Waals surface area contributed by atoms with Gasteiger partial charge in [-0.25, -0.2) is 0 Å². The van der Waals surface area contributed by atoms with Gasteiger partial charge in [-0.3, -0.25) is 0 Å². The molecular weight excluding hydrogens is 200 g/mol. The van der Waals surface area contributed by atoms with Gasteiger partial charge in [0.15, 0.2) is 11.5 Å². The molecule has 90 valence electrons. The lowest BCUT2D eigenvalue weighted by atomic mass is 10.0. The van der Waals surface area contributed by atoms with E-state index < -0.39 is 0 Å². The highest BCUT2D eigenvalue weighted by molar-refractivity contribution is 5.43. The highest BCUT2D eigenvalue weighted by Gasteiger charge is 2.08. The number of methoxy groups -OCH3 is 1. The van der Waals surface area contributed by atoms with Crippen LogP contribution in [-0.2, 0) is 6.42 Å². The lowest BCUT2D eigenvalue weighted by Gasteiger charge is -2.15. The predicted molar refractivity (Wildman–Crippen MR) is 67.3 cm³/mol. The SMILES string of the molecule is COc1cc(CC(C)C)ccc1OC(C)C. The van der Waals surface area contributed by atoms with Crippen molar-refractivity contribution in [2.45, 2.75) is 40.2 Å². The van der Waals surface area contributed by atoms with Crippen LogP contribution in [0.5, 0.6) is 11.5 Å². The van der Waals surface area contributed by atoms with Gasteiger partial charge in [0.1, 0.15) is 0 Å². The first-order chi connectivity index (χ1) is 7.52. The number of benzene rings is 1. The number of hydrogen-bond acceptors (Lipinski definition) is 2. The van der Waals surface area contributed by atoms with Gasteiger partial charge in [0, 0.05) is 0 Å². The minimum atomic E-state index is 0.171. The molecule has 0 bridgehead atoms. The van der Waals surface area contributed by atoms with Gasteiger partial charge in [-0.1, -0.05) is 19.9 Å². The lowest BCUT2D eigenvalue weighted by Crippen LogP contribution is -2.07. The van der Waals surface area contributed by atoms with Crippen LogP contribution in [0, 0.1) is 5.92 Å². The molecule has 0 atom stereocenters. The standard InChI is InChI=1S/C14H22O2/c1-10(2)8-12-6-7-13(16-11(3)4)14(9-12)15-5/h6-7,9-11H,8H2,1-5H3. The molecule has 1 aromatic carbocycles. The zero-order valence-electron chi connectivity index (χ0n) is 10.9. The summed E-state index contributed by atoms with van der Waals surface area (Å²) in [6.45, 7) is 8.46. The summed E-state index contributed by atoms with van der Waals surface area (Å²) >= 11 is 0. The fraction of sp³-hybridized carbons (Fsp3) is 0.571. The third kappa shape index (κ3) is 3.76. The van der Waals surface area contributed by atoms with Crippen molar-refractivity contribution < 1.29 is 9.47 Å². The minimum Gasteiger partial charge on any atom is -0.493 e. The lowest BCUT2D eigenvalue weighted by molar-refractivity contribution is 0.230. The molecule has 2 heteroatoms. The molecule has 0 aromatic heterocycles. The Balaban J connectivity index is 2.88. The third-order valence-electron chi connectivity index (χ3n) is 2.23. The van der Waals surface area contributed by atoms with E-state index in [4.69, 9.17) is 9.47 Å². The second kappa shape index (κ2) is 5.78. The Morgan fingerprint density at radius 2 is 1.75 bits per heavy atom. The van der Waals surface area contributed by atoms with Crippen molar-refractivity contribution >= 4 is 0 Å². The van der Waals surface area contributed by atoms with Gasteiger partial charge in [0.2, 0.25) is 0 Å². The largest absolute Gasteiger partial charge is 0.493 e. The van der Waals surface area contributed by atoms with Crippen LogP contribution < -0.4 is 9.47 Å². The van der Waals surface area contributed by atoms with E-state index in [2.05, 4.69) is 26.0 Å². The van der Waals surface area contributed by atoms with E-state index in [1.165, 1.54) is 5.56 Å². The first-order valence-electron chi connectivity index (χ1n) is 5.86. The quantitative estimate of drug-likeness (QED) is 0.756. The van der Waals surface area contributed by atoms with Crippen molar-refractivity contribution in [3.8, 4) is 11.5 Å². The van der Waals surface area contributed by atoms with Gasteiger partial charge in [0.05, 0.1) is 13.2 Å². The third-order valence-corrected chi connectivity index (χ3v) is 2.23. The molecule has 2 nitrogen and oxygen atoms in total. The molecule has 0 saturated carbocycles. The molecule has 0 aliphatic rings. The van der Waals surface area contributed by atoms with Crippen LogP contribution in [0.15, 0.2) is 18.2 Å². The Kier molecular flexibility index (Phi) is 4.66. The summed E-state index contributed by atoms with van der Waals surface area (Å²) in [6.07, 6.45) is 1.24. The van der Waals surface area contributed by atoms with Gasteiger partial charge in [-0.15, -0.1) is 0 Å². The zero-order valence-corrected chi connectivity index (χ0v) is 10.9. The molecule has 0 aliphatic carbocycles. The van der Waals surface area contributed by atoms with Crippen LogP contribution in [0.3, 0.4) is 0 Å². The fourth-order valence-electron chi connectivity index (χ4n) is 1.66. The fourth-order valence-corrected chi connectivity index (χ4v) is 1.66. The Labute approximate surface area is 98.6 Å². The molecule has 1 rings (SSSR count). The summed E-state index contributed by atoms with van der Waals surface area (Å²) < 4.78 is 11.0. The highest BCUT2D eigenvalue weighted by Crippen LogP contribution is 2.29. The molecule has 16 heavy (non-hydrogen) atoms. The maximum absolute atomic E-state index is 5.67. The maximum atomic E-state index is 5.67. The molecule has 0 unspecified atom stereocenters. The molecule has 0 fully saturated rings. The summed E-state index contributed by atoms with van der Waals surface area (Å²) in [5.41, 5.74) is 1.29. The minimum absolute atomic E-state index is 0.171. The monoisotopic (exact) mass is 222 g/mol. The molecule has 0 amide bonds. The predicted octanol–water partition coefficient (Wildman–Crippen LogP) is 3.68. The Hall–Kier alpha value is -1.18. The van der Waals surface area contributed by atoms with Gasteiger partial charge >= 0.3 is 0 Å². The van der Waals surface area contributed by atoms with Gasteiger partial charge < -0.3 is 9.47 Å². The van der Waals surface area contributed by atoms with E-state index in [1.54, 1.807) is 7.11 Å². The van der Waals surface area contributed by atoms with Gasteiger partial charge in [0.25, 0.3) is 0 Å². The van der Waals surface area contributed by atoms with Gasteiger partial charge in [-0.05, 0) is 43.9 Å². The second-order valence-corrected chi connectivity index (χ2v) is 4.75. The van der Waals surface area contributed by atoms with Crippen LogP contribution >= 0.6 is 0 Å². The van der Waals surface area contributed by atoms with Crippen LogP contribution in [0.25, 0.3) is 0 Å². The topological polar surface area (TPSA) is 18.5 Å². The summed E-state index contributed by atoms with van der Waals surface area (Å²) in [6, 6.07) is 6.18. The molecule has 0 heterocycles. The van der Waals surface area contributed by atoms with Gasteiger partial charge in [-0.2, -0.15) is 0 Å². The van der Waals surface area contributed by atoms with E-state index in [9.17, 15) is 0 Å². The van der Waals surface area contributed by atoms with E-state index in [0.29, 0.717) is 5.92 Å². The average molecular weight is 222 g/mol. The van der Waals surface area contributed by atoms with Crippen LogP contribution in [0.1, 0.15) is 33.3 Å². The number of ether oxygens (including phenoxy) is 2. The van der Waals surface area contributed by atoms with Crippen LogP contribution in [0.4, 0.5) is 0 Å². The van der Waals surface area contributed by atoms with Crippen molar-refractivity contribution in [1.29, 1.82) is 0 Å². The normalized spacial score (nSPS) is 10.9. The van der Waals surface area contributed by atoms with Crippen molar-refractivity contribution in [1.82, 2.24) is 0 Å².